The zero-order chi connectivity index (χ0) is 43.5. The molecule has 314 valence electrons. The predicted molar refractivity (Wildman–Crippen MR) is 190 cm³/mol. The maximum absolute atomic E-state index is 12.9. The molecule has 0 radical (unpaired) electrons. The van der Waals surface area contributed by atoms with E-state index in [0.29, 0.717) is 5.69 Å². The summed E-state index contributed by atoms with van der Waals surface area (Å²) in [7, 11) is -1.95. The van der Waals surface area contributed by atoms with E-state index in [2.05, 4.69) is 35.6 Å². The number of hydrogen-bond donors (Lipinski definition) is 2. The Hall–Kier alpha value is -2.68. The fraction of sp³-hybridized carbons (Fsp3) is 0.138. The molecule has 0 saturated heterocycles. The first-order chi connectivity index (χ1) is 27.1. The van der Waals surface area contributed by atoms with Crippen molar-refractivity contribution in [1.29, 1.82) is 0 Å². The largest absolute Gasteiger partial charge is 1.00 e. The van der Waals surface area contributed by atoms with Gasteiger partial charge in [-0.15, -0.1) is 0 Å². The molecule has 0 aliphatic rings. The van der Waals surface area contributed by atoms with Gasteiger partial charge >= 0.3 is 101 Å². The number of aromatic nitrogens is 6. The molecule has 0 amide bonds. The average Bonchev–Trinajstić information content (AvgIpc) is 3.76. The number of carbonyl (C=O) groups is 1. The van der Waals surface area contributed by atoms with Crippen LogP contribution in [0.2, 0.25) is 10.0 Å². The number of nitro groups is 1. The summed E-state index contributed by atoms with van der Waals surface area (Å²) in [6.07, 6.45) is -4.29. The number of fused-ring (bicyclic) bond motifs is 2. The van der Waals surface area contributed by atoms with E-state index in [4.69, 9.17) is 44.2 Å². The smallest absolute Gasteiger partial charge is 1.00 e. The molecule has 61 heavy (non-hydrogen) atoms. The SMILES string of the molecule is Nc1cc2c(=O)n(Cc3ccc(Cl)c(C(F)(F)F)c3)cnn2c1.O=CO[O-].O=[S-](=S)OOO.O=c1c2cc([N+](=O)[O-])cn2ncn1Cc1ccc(Cl)c(C(F)(F)F)c1.[H-].[Na+].[Na+].[Na+]. The second-order valence-electron chi connectivity index (χ2n) is 10.7. The third-order valence-corrected chi connectivity index (χ3v) is 7.91. The number of alkyl halides is 6. The monoisotopic (exact) mass is 974 g/mol. The standard InChI is InChI=1S/C14H8ClF3N4O3.C14H10ClF3N4O.CH2O3.3Na.HO4S2.H/c15-11-2-1-8(3-10(11)14(16,17)18)5-20-7-19-21-6-9(22(24)25)4-12(21)13(20)23;15-11-2-1-8(3-10(11)14(16,17)18)5-21-7-20-22-6-9(19)4-12(22)13(21)23;2-1-4-3;;;;1-3-4-6(2)5;/h1-4,6-7H,5H2;1-4,6-7H,5,19H2;1,3H;;;;1H;/q;;;3*+1;2*-1/p-1. The molecule has 3 N–H and O–H groups in total. The molecule has 0 aliphatic heterocycles. The van der Waals surface area contributed by atoms with E-state index in [-0.39, 0.29) is 143 Å². The third-order valence-electron chi connectivity index (χ3n) is 6.91. The van der Waals surface area contributed by atoms with Crippen molar-refractivity contribution in [2.45, 2.75) is 25.4 Å². The number of carbonyl (C=O) groups excluding carboxylic acids is 1. The van der Waals surface area contributed by atoms with Crippen LogP contribution in [0.1, 0.15) is 23.7 Å². The van der Waals surface area contributed by atoms with E-state index in [1.807, 2.05) is 0 Å². The van der Waals surface area contributed by atoms with Crippen LogP contribution in [-0.4, -0.2) is 45.0 Å². The summed E-state index contributed by atoms with van der Waals surface area (Å²) >= 11 is 15.0. The molecule has 6 rings (SSSR count). The van der Waals surface area contributed by atoms with Gasteiger partial charge in [0, 0.05) is 6.07 Å². The van der Waals surface area contributed by atoms with E-state index in [9.17, 15) is 50.3 Å². The van der Waals surface area contributed by atoms with Crippen molar-refractivity contribution in [1.82, 2.24) is 28.4 Å². The number of rotatable bonds is 8. The molecule has 0 fully saturated rings. The zero-order valence-electron chi connectivity index (χ0n) is 32.0. The minimum absolute atomic E-state index is 0. The molecule has 4 aromatic heterocycles. The van der Waals surface area contributed by atoms with Gasteiger partial charge in [0.2, 0.25) is 0 Å². The maximum Gasteiger partial charge on any atom is 1.00 e. The second-order valence-corrected chi connectivity index (χ2v) is 12.9. The predicted octanol–water partition coefficient (Wildman–Crippen LogP) is -4.77. The van der Waals surface area contributed by atoms with Crippen LogP contribution in [0.15, 0.2) is 83.2 Å². The van der Waals surface area contributed by atoms with E-state index in [1.165, 1.54) is 39.8 Å². The average molecular weight is 976 g/mol. The van der Waals surface area contributed by atoms with E-state index in [1.54, 1.807) is 0 Å². The van der Waals surface area contributed by atoms with Crippen molar-refractivity contribution < 1.29 is 155 Å². The Morgan fingerprint density at radius 2 is 1.26 bits per heavy atom. The Labute approximate surface area is 420 Å². The van der Waals surface area contributed by atoms with Gasteiger partial charge in [-0.1, -0.05) is 50.0 Å². The van der Waals surface area contributed by atoms with Gasteiger partial charge in [-0.3, -0.25) is 38.0 Å². The Balaban J connectivity index is 0. The van der Waals surface area contributed by atoms with Crippen molar-refractivity contribution in [2.24, 2.45) is 0 Å². The molecule has 0 saturated carbocycles. The second kappa shape index (κ2) is 26.2. The minimum atomic E-state index is -4.62. The number of nitrogen functional groups attached to an aromatic ring is 1. The Morgan fingerprint density at radius 3 is 1.61 bits per heavy atom. The van der Waals surface area contributed by atoms with Crippen LogP contribution >= 0.6 is 23.2 Å². The van der Waals surface area contributed by atoms with Crippen LogP contribution in [0.5, 0.6) is 0 Å². The molecular weight excluding hydrogens is 954 g/mol. The summed E-state index contributed by atoms with van der Waals surface area (Å²) in [6.45, 7) is -0.435. The van der Waals surface area contributed by atoms with E-state index >= 15 is 0 Å². The number of hydrogen-bond acceptors (Lipinski definition) is 16. The van der Waals surface area contributed by atoms with E-state index in [0.717, 1.165) is 51.9 Å². The van der Waals surface area contributed by atoms with Crippen LogP contribution < -0.4 is 111 Å². The molecule has 32 heteroatoms. The molecule has 0 atom stereocenters. The number of benzene rings is 2. The summed E-state index contributed by atoms with van der Waals surface area (Å²) in [5.41, 5.74) is 3.35. The van der Waals surface area contributed by atoms with Crippen LogP contribution in [0.4, 0.5) is 37.7 Å². The molecule has 19 nitrogen and oxygen atoms in total. The van der Waals surface area contributed by atoms with Crippen molar-refractivity contribution in [3.8, 4) is 0 Å². The molecule has 6 aromatic rings. The molecule has 0 aliphatic carbocycles. The van der Waals surface area contributed by atoms with Crippen LogP contribution in [0.25, 0.3) is 11.0 Å². The summed E-state index contributed by atoms with van der Waals surface area (Å²) in [6, 6.07) is 9.31. The summed E-state index contributed by atoms with van der Waals surface area (Å²) in [5, 5.41) is 36.4. The quantitative estimate of drug-likeness (QED) is 0.0276. The molecular formula is C29H21Cl2F6N8Na3O11S2. The third kappa shape index (κ3) is 17.1. The first kappa shape index (κ1) is 58.3. The van der Waals surface area contributed by atoms with Gasteiger partial charge in [0.1, 0.15) is 29.9 Å². The number of nitrogens with zero attached hydrogens (tertiary/aromatic N) is 7. The number of nitrogens with two attached hydrogens (primary N) is 1. The number of halogens is 8. The van der Waals surface area contributed by atoms with Crippen molar-refractivity contribution in [3.63, 3.8) is 0 Å². The zero-order valence-corrected chi connectivity index (χ0v) is 40.1. The van der Waals surface area contributed by atoms with E-state index < -0.39 is 54.2 Å². The molecule has 0 unspecified atom stereocenters. The van der Waals surface area contributed by atoms with Gasteiger partial charge in [-0.05, 0) is 41.5 Å². The molecule has 0 bridgehead atoms. The van der Waals surface area contributed by atoms with Crippen LogP contribution in [-0.2, 0) is 69.5 Å². The summed E-state index contributed by atoms with van der Waals surface area (Å²) in [5.74, 6) is 0. The topological polar surface area (TPSA) is 253 Å². The van der Waals surface area contributed by atoms with Crippen LogP contribution in [0.3, 0.4) is 0 Å². The van der Waals surface area contributed by atoms with Crippen molar-refractivity contribution >= 4 is 72.9 Å². The Bertz CT molecular complexity index is 2630. The fourth-order valence-electron chi connectivity index (χ4n) is 4.58. The number of anilines is 1. The normalized spacial score (nSPS) is 10.7. The Morgan fingerprint density at radius 1 is 0.852 bits per heavy atom. The maximum atomic E-state index is 12.9. The van der Waals surface area contributed by atoms with Gasteiger partial charge < -0.3 is 21.5 Å². The van der Waals surface area contributed by atoms with Crippen LogP contribution in [0, 0.1) is 10.1 Å². The molecule has 0 spiro atoms. The van der Waals surface area contributed by atoms with Crippen molar-refractivity contribution in [2.75, 3.05) is 5.73 Å². The van der Waals surface area contributed by atoms with Crippen molar-refractivity contribution in [3.05, 3.63) is 137 Å². The van der Waals surface area contributed by atoms with Gasteiger partial charge in [0.25, 0.3) is 23.3 Å². The van der Waals surface area contributed by atoms with Gasteiger partial charge in [-0.25, -0.2) is 25.5 Å². The van der Waals surface area contributed by atoms with Gasteiger partial charge in [0.05, 0.1) is 51.1 Å². The molecule has 2 aromatic carbocycles. The Kier molecular flexibility index (Phi) is 25.0. The summed E-state index contributed by atoms with van der Waals surface area (Å²) in [4.78, 5) is 46.0. The van der Waals surface area contributed by atoms with Gasteiger partial charge in [0.15, 0.2) is 0 Å². The first-order valence-corrected chi connectivity index (χ1v) is 17.4. The van der Waals surface area contributed by atoms with Gasteiger partial charge in [-0.2, -0.15) is 36.5 Å². The summed E-state index contributed by atoms with van der Waals surface area (Å²) < 4.78 is 94.8. The fourth-order valence-corrected chi connectivity index (χ4v) is 5.15. The molecule has 4 heterocycles. The minimum Gasteiger partial charge on any atom is -1.00 e. The first-order valence-electron chi connectivity index (χ1n) is 14.7.